The Balaban J connectivity index is 2.09. The molecule has 0 radical (unpaired) electrons. The number of methoxy groups -OCH3 is 2. The first-order chi connectivity index (χ1) is 12.3. The maximum absolute atomic E-state index is 12.4. The van der Waals surface area contributed by atoms with Crippen molar-refractivity contribution in [2.75, 3.05) is 19.5 Å². The summed E-state index contributed by atoms with van der Waals surface area (Å²) in [5, 5.41) is 2.68. The van der Waals surface area contributed by atoms with E-state index in [1.807, 2.05) is 0 Å². The first-order valence-electron chi connectivity index (χ1n) is 8.08. The Morgan fingerprint density at radius 1 is 1.00 bits per heavy atom. The van der Waals surface area contributed by atoms with E-state index in [4.69, 9.17) is 18.6 Å². The zero-order chi connectivity index (χ0) is 19.4. The highest BCUT2D eigenvalue weighted by molar-refractivity contribution is 5.98. The quantitative estimate of drug-likeness (QED) is 0.794. The summed E-state index contributed by atoms with van der Waals surface area (Å²) in [5.74, 6) is 1.12. The van der Waals surface area contributed by atoms with Crippen LogP contribution in [0.3, 0.4) is 0 Å². The van der Waals surface area contributed by atoms with Crippen molar-refractivity contribution in [2.45, 2.75) is 33.8 Å². The Bertz CT molecular complexity index is 801. The summed E-state index contributed by atoms with van der Waals surface area (Å²) < 4.78 is 21.0. The highest BCUT2D eigenvalue weighted by Crippen LogP contribution is 2.26. The number of ether oxygens (including phenoxy) is 3. The molecule has 7 nitrogen and oxygen atoms in total. The molecular weight excluding hydrogens is 338 g/mol. The number of amides is 1. The van der Waals surface area contributed by atoms with Gasteiger partial charge in [0.2, 0.25) is 0 Å². The van der Waals surface area contributed by atoms with E-state index in [-0.39, 0.29) is 0 Å². The number of hydrogen-bond acceptors (Lipinski definition) is 6. The van der Waals surface area contributed by atoms with Gasteiger partial charge in [-0.1, -0.05) is 0 Å². The lowest BCUT2D eigenvalue weighted by molar-refractivity contribution is -0.123. The molecule has 0 aliphatic rings. The molecule has 0 aliphatic heterocycles. The molecule has 0 bridgehead atoms. The zero-order valence-corrected chi connectivity index (χ0v) is 15.8. The summed E-state index contributed by atoms with van der Waals surface area (Å²) in [4.78, 5) is 24.7. The number of rotatable bonds is 6. The second-order valence-electron chi connectivity index (χ2n) is 5.85. The van der Waals surface area contributed by atoms with Crippen LogP contribution in [0.25, 0.3) is 0 Å². The fourth-order valence-electron chi connectivity index (χ4n) is 2.49. The standard InChI is InChI=1S/C19H23NO6/c1-10-11(2)25-12(3)17(10)19(22)26-13(4)18(21)20-14-7-15(23-5)9-16(8-14)24-6/h7-9,13H,1-6H3,(H,20,21). The van der Waals surface area contributed by atoms with Crippen molar-refractivity contribution in [3.8, 4) is 11.5 Å². The highest BCUT2D eigenvalue weighted by atomic mass is 16.5. The van der Waals surface area contributed by atoms with Crippen molar-refractivity contribution in [1.29, 1.82) is 0 Å². The molecular formula is C19H23NO6. The van der Waals surface area contributed by atoms with Gasteiger partial charge in [-0.25, -0.2) is 4.79 Å². The lowest BCUT2D eigenvalue weighted by Gasteiger charge is -2.15. The van der Waals surface area contributed by atoms with Crippen LogP contribution in [0, 0.1) is 20.8 Å². The second kappa shape index (κ2) is 7.95. The molecule has 0 spiro atoms. The van der Waals surface area contributed by atoms with Crippen LogP contribution in [0.1, 0.15) is 34.4 Å². The fourth-order valence-corrected chi connectivity index (χ4v) is 2.49. The largest absolute Gasteiger partial charge is 0.497 e. The van der Waals surface area contributed by atoms with Crippen molar-refractivity contribution < 1.29 is 28.2 Å². The number of aryl methyl sites for hydroxylation is 2. The minimum Gasteiger partial charge on any atom is -0.497 e. The Hall–Kier alpha value is -2.96. The number of anilines is 1. The van der Waals surface area contributed by atoms with Crippen molar-refractivity contribution >= 4 is 17.6 Å². The van der Waals surface area contributed by atoms with Crippen molar-refractivity contribution in [1.82, 2.24) is 0 Å². The summed E-state index contributed by atoms with van der Waals surface area (Å²) in [7, 11) is 3.03. The minimum atomic E-state index is -0.992. The van der Waals surface area contributed by atoms with Gasteiger partial charge >= 0.3 is 5.97 Å². The van der Waals surface area contributed by atoms with Crippen LogP contribution in [0.5, 0.6) is 11.5 Å². The lowest BCUT2D eigenvalue weighted by atomic mass is 10.1. The molecule has 0 saturated carbocycles. The van der Waals surface area contributed by atoms with E-state index in [1.165, 1.54) is 21.1 Å². The third-order valence-electron chi connectivity index (χ3n) is 4.04. The Kier molecular flexibility index (Phi) is 5.92. The van der Waals surface area contributed by atoms with Gasteiger partial charge in [0.1, 0.15) is 28.6 Å². The molecule has 1 N–H and O–H groups in total. The maximum Gasteiger partial charge on any atom is 0.342 e. The van der Waals surface area contributed by atoms with Gasteiger partial charge in [0.15, 0.2) is 6.10 Å². The van der Waals surface area contributed by atoms with Crippen LogP contribution in [0.4, 0.5) is 5.69 Å². The molecule has 1 atom stereocenters. The van der Waals surface area contributed by atoms with E-state index in [9.17, 15) is 9.59 Å². The molecule has 140 valence electrons. The highest BCUT2D eigenvalue weighted by Gasteiger charge is 2.24. The van der Waals surface area contributed by atoms with Gasteiger partial charge in [-0.3, -0.25) is 4.79 Å². The van der Waals surface area contributed by atoms with E-state index >= 15 is 0 Å². The van der Waals surface area contributed by atoms with Gasteiger partial charge in [0.25, 0.3) is 5.91 Å². The molecule has 2 aromatic rings. The summed E-state index contributed by atoms with van der Waals surface area (Å²) >= 11 is 0. The Morgan fingerprint density at radius 3 is 2.04 bits per heavy atom. The van der Waals surface area contributed by atoms with Crippen LogP contribution < -0.4 is 14.8 Å². The Labute approximate surface area is 152 Å². The number of esters is 1. The van der Waals surface area contributed by atoms with Gasteiger partial charge in [-0.2, -0.15) is 0 Å². The van der Waals surface area contributed by atoms with E-state index < -0.39 is 18.0 Å². The van der Waals surface area contributed by atoms with Crippen molar-refractivity contribution in [3.05, 3.63) is 40.8 Å². The van der Waals surface area contributed by atoms with Gasteiger partial charge in [-0.15, -0.1) is 0 Å². The monoisotopic (exact) mass is 361 g/mol. The van der Waals surface area contributed by atoms with E-state index in [1.54, 1.807) is 39.0 Å². The first-order valence-corrected chi connectivity index (χ1v) is 8.08. The number of carbonyl (C=O) groups is 2. The third-order valence-corrected chi connectivity index (χ3v) is 4.04. The molecule has 1 aromatic heterocycles. The first kappa shape index (κ1) is 19.4. The second-order valence-corrected chi connectivity index (χ2v) is 5.85. The lowest BCUT2D eigenvalue weighted by Crippen LogP contribution is -2.30. The van der Waals surface area contributed by atoms with Crippen molar-refractivity contribution in [2.24, 2.45) is 0 Å². The molecule has 0 saturated heterocycles. The summed E-state index contributed by atoms with van der Waals surface area (Å²) in [5.41, 5.74) is 1.53. The number of carbonyl (C=O) groups excluding carboxylic acids is 2. The number of hydrogen-bond donors (Lipinski definition) is 1. The summed E-state index contributed by atoms with van der Waals surface area (Å²) in [6, 6.07) is 4.97. The molecule has 2 rings (SSSR count). The van der Waals surface area contributed by atoms with Crippen LogP contribution in [-0.4, -0.2) is 32.2 Å². The molecule has 1 unspecified atom stereocenters. The average molecular weight is 361 g/mol. The molecule has 0 aliphatic carbocycles. The normalized spacial score (nSPS) is 11.6. The van der Waals surface area contributed by atoms with E-state index in [2.05, 4.69) is 5.32 Å². The number of furan rings is 1. The zero-order valence-electron chi connectivity index (χ0n) is 15.8. The predicted octanol–water partition coefficient (Wildman–Crippen LogP) is 3.41. The fraction of sp³-hybridized carbons (Fsp3) is 0.368. The van der Waals surface area contributed by atoms with Gasteiger partial charge in [0, 0.05) is 29.4 Å². The van der Waals surface area contributed by atoms with Crippen molar-refractivity contribution in [3.63, 3.8) is 0 Å². The molecule has 1 heterocycles. The SMILES string of the molecule is COc1cc(NC(=O)C(C)OC(=O)c2c(C)oc(C)c2C)cc(OC)c1. The number of nitrogens with one attached hydrogen (secondary N) is 1. The smallest absolute Gasteiger partial charge is 0.342 e. The summed E-state index contributed by atoms with van der Waals surface area (Å²) in [6.45, 7) is 6.73. The predicted molar refractivity (Wildman–Crippen MR) is 96.0 cm³/mol. The topological polar surface area (TPSA) is 87.0 Å². The van der Waals surface area contributed by atoms with Gasteiger partial charge in [-0.05, 0) is 27.7 Å². The molecule has 26 heavy (non-hydrogen) atoms. The molecule has 1 aromatic carbocycles. The van der Waals surface area contributed by atoms with Crippen LogP contribution in [-0.2, 0) is 9.53 Å². The van der Waals surface area contributed by atoms with Crippen LogP contribution >= 0.6 is 0 Å². The molecule has 7 heteroatoms. The summed E-state index contributed by atoms with van der Waals surface area (Å²) in [6.07, 6.45) is -0.992. The molecule has 1 amide bonds. The van der Waals surface area contributed by atoms with Crippen LogP contribution in [0.15, 0.2) is 22.6 Å². The van der Waals surface area contributed by atoms with Gasteiger partial charge in [0.05, 0.1) is 14.2 Å². The maximum atomic E-state index is 12.4. The Morgan fingerprint density at radius 2 is 1.58 bits per heavy atom. The third kappa shape index (κ3) is 4.17. The van der Waals surface area contributed by atoms with E-state index in [0.717, 1.165) is 0 Å². The molecule has 0 fully saturated rings. The average Bonchev–Trinajstić information content (AvgIpc) is 2.86. The number of benzene rings is 1. The van der Waals surface area contributed by atoms with Gasteiger partial charge < -0.3 is 23.9 Å². The van der Waals surface area contributed by atoms with Crippen LogP contribution in [0.2, 0.25) is 0 Å². The minimum absolute atomic E-state index is 0.352. The van der Waals surface area contributed by atoms with E-state index in [0.29, 0.717) is 39.8 Å².